The zero-order valence-electron chi connectivity index (χ0n) is 9.54. The highest BCUT2D eigenvalue weighted by molar-refractivity contribution is 6.42. The van der Waals surface area contributed by atoms with Crippen LogP contribution in [0.4, 0.5) is 0 Å². The Hall–Kier alpha value is -1.26. The number of nitrogens with one attached hydrogen (secondary N) is 1. The first-order valence-corrected chi connectivity index (χ1v) is 6.15. The van der Waals surface area contributed by atoms with Crippen molar-refractivity contribution in [1.29, 1.82) is 0 Å². The average molecular weight is 289 g/mol. The number of carbonyl (C=O) groups is 2. The lowest BCUT2D eigenvalue weighted by Crippen LogP contribution is -2.29. The van der Waals surface area contributed by atoms with E-state index >= 15 is 0 Å². The molecular weight excluding hydrogens is 277 g/mol. The van der Waals surface area contributed by atoms with Crippen LogP contribution in [0.3, 0.4) is 0 Å². The van der Waals surface area contributed by atoms with E-state index in [0.717, 1.165) is 5.56 Å². The Morgan fingerprint density at radius 2 is 1.89 bits per heavy atom. The Balaban J connectivity index is 2.30. The van der Waals surface area contributed by atoms with Crippen LogP contribution in [-0.2, 0) is 16.0 Å². The number of carbonyl (C=O) groups excluding carboxylic acids is 2. The summed E-state index contributed by atoms with van der Waals surface area (Å²) >= 11 is 11.6. The molecule has 0 unspecified atom stereocenters. The number of rotatable bonds is 6. The second-order valence-corrected chi connectivity index (χ2v) is 4.53. The Morgan fingerprint density at radius 3 is 2.50 bits per heavy atom. The second-order valence-electron chi connectivity index (χ2n) is 3.72. The number of carboxylic acids is 1. The Labute approximate surface area is 115 Å². The van der Waals surface area contributed by atoms with Gasteiger partial charge in [-0.1, -0.05) is 29.3 Å². The number of halogens is 2. The molecule has 0 aliphatic heterocycles. The quantitative estimate of drug-likeness (QED) is 0.855. The molecule has 0 bridgehead atoms. The summed E-state index contributed by atoms with van der Waals surface area (Å²) in [6, 6.07) is 5.25. The summed E-state index contributed by atoms with van der Waals surface area (Å²) in [5, 5.41) is 13.7. The van der Waals surface area contributed by atoms with E-state index < -0.39 is 5.97 Å². The minimum Gasteiger partial charge on any atom is -0.550 e. The zero-order valence-corrected chi connectivity index (χ0v) is 11.1. The van der Waals surface area contributed by atoms with Crippen molar-refractivity contribution in [3.8, 4) is 0 Å². The van der Waals surface area contributed by atoms with Crippen LogP contribution in [0.25, 0.3) is 0 Å². The van der Waals surface area contributed by atoms with Gasteiger partial charge in [0.15, 0.2) is 0 Å². The van der Waals surface area contributed by atoms with Gasteiger partial charge in [-0.3, -0.25) is 4.79 Å². The maximum atomic E-state index is 11.2. The molecule has 1 rings (SSSR count). The average Bonchev–Trinajstić information content (AvgIpc) is 2.31. The minimum absolute atomic E-state index is 0.0658. The Morgan fingerprint density at radius 1 is 1.17 bits per heavy atom. The molecule has 1 N–H and O–H groups in total. The molecule has 1 aromatic rings. The molecule has 0 aliphatic rings. The summed E-state index contributed by atoms with van der Waals surface area (Å²) in [5.41, 5.74) is 0.949. The molecule has 0 atom stereocenters. The molecule has 18 heavy (non-hydrogen) atoms. The van der Waals surface area contributed by atoms with Crippen molar-refractivity contribution in [1.82, 2.24) is 5.32 Å². The van der Waals surface area contributed by atoms with Crippen molar-refractivity contribution < 1.29 is 14.7 Å². The van der Waals surface area contributed by atoms with E-state index in [1.807, 2.05) is 6.07 Å². The summed E-state index contributed by atoms with van der Waals surface area (Å²) < 4.78 is 0. The van der Waals surface area contributed by atoms with Crippen molar-refractivity contribution in [2.45, 2.75) is 19.3 Å². The van der Waals surface area contributed by atoms with Crippen molar-refractivity contribution in [2.75, 3.05) is 6.54 Å². The Kier molecular flexibility index (Phi) is 5.95. The predicted molar refractivity (Wildman–Crippen MR) is 67.4 cm³/mol. The summed E-state index contributed by atoms with van der Waals surface area (Å²) in [6.45, 7) is 0.420. The number of benzene rings is 1. The third kappa shape index (κ3) is 5.38. The topological polar surface area (TPSA) is 69.2 Å². The van der Waals surface area contributed by atoms with Crippen LogP contribution in [-0.4, -0.2) is 18.4 Å². The van der Waals surface area contributed by atoms with Gasteiger partial charge in [-0.25, -0.2) is 0 Å². The van der Waals surface area contributed by atoms with E-state index in [1.54, 1.807) is 12.1 Å². The molecule has 0 aromatic heterocycles. The highest BCUT2D eigenvalue weighted by Gasteiger charge is 2.02. The highest BCUT2D eigenvalue weighted by atomic mass is 35.5. The summed E-state index contributed by atoms with van der Waals surface area (Å²) in [7, 11) is 0. The van der Waals surface area contributed by atoms with E-state index in [9.17, 15) is 14.7 Å². The van der Waals surface area contributed by atoms with Gasteiger partial charge in [0, 0.05) is 18.9 Å². The molecule has 1 amide bonds. The molecule has 0 saturated heterocycles. The van der Waals surface area contributed by atoms with Crippen LogP contribution in [0.5, 0.6) is 0 Å². The van der Waals surface area contributed by atoms with Crippen LogP contribution < -0.4 is 10.4 Å². The van der Waals surface area contributed by atoms with Gasteiger partial charge in [0.1, 0.15) is 0 Å². The van der Waals surface area contributed by atoms with Gasteiger partial charge in [0.05, 0.1) is 10.0 Å². The van der Waals surface area contributed by atoms with Crippen molar-refractivity contribution in [3.05, 3.63) is 33.8 Å². The molecular formula is C12H12Cl2NO3-. The lowest BCUT2D eigenvalue weighted by Gasteiger charge is -2.06. The van der Waals surface area contributed by atoms with Crippen LogP contribution in [0.1, 0.15) is 18.4 Å². The van der Waals surface area contributed by atoms with Crippen molar-refractivity contribution in [3.63, 3.8) is 0 Å². The number of aliphatic carboxylic acids is 1. The summed E-state index contributed by atoms with van der Waals surface area (Å²) in [5.74, 6) is -1.53. The first-order chi connectivity index (χ1) is 8.49. The van der Waals surface area contributed by atoms with Gasteiger partial charge >= 0.3 is 0 Å². The number of amides is 1. The molecule has 0 spiro atoms. The largest absolute Gasteiger partial charge is 0.550 e. The molecule has 0 fully saturated rings. The monoisotopic (exact) mass is 288 g/mol. The molecule has 6 heteroatoms. The fraction of sp³-hybridized carbons (Fsp3) is 0.333. The first-order valence-electron chi connectivity index (χ1n) is 5.39. The molecule has 0 aliphatic carbocycles. The Bertz CT molecular complexity index is 449. The van der Waals surface area contributed by atoms with Gasteiger partial charge in [-0.2, -0.15) is 0 Å². The van der Waals surface area contributed by atoms with E-state index in [0.29, 0.717) is 23.0 Å². The number of carboxylic acid groups (broad SMARTS) is 1. The molecule has 4 nitrogen and oxygen atoms in total. The van der Waals surface area contributed by atoms with Crippen LogP contribution in [0, 0.1) is 0 Å². The van der Waals surface area contributed by atoms with Gasteiger partial charge in [-0.15, -0.1) is 0 Å². The fourth-order valence-electron chi connectivity index (χ4n) is 1.35. The lowest BCUT2D eigenvalue weighted by molar-refractivity contribution is -0.305. The normalized spacial score (nSPS) is 10.1. The van der Waals surface area contributed by atoms with E-state index in [1.165, 1.54) is 0 Å². The van der Waals surface area contributed by atoms with Crippen molar-refractivity contribution in [2.24, 2.45) is 0 Å². The van der Waals surface area contributed by atoms with E-state index in [2.05, 4.69) is 5.32 Å². The standard InChI is InChI=1S/C12H13Cl2NO3/c13-9-2-1-8(7-10(9)14)5-6-15-11(16)3-4-12(17)18/h1-2,7H,3-6H2,(H,15,16)(H,17,18)/p-1. The summed E-state index contributed by atoms with van der Waals surface area (Å²) in [4.78, 5) is 21.4. The fourth-order valence-corrected chi connectivity index (χ4v) is 1.67. The predicted octanol–water partition coefficient (Wildman–Crippen LogP) is 1.18. The smallest absolute Gasteiger partial charge is 0.220 e. The van der Waals surface area contributed by atoms with Crippen LogP contribution in [0.2, 0.25) is 10.0 Å². The zero-order chi connectivity index (χ0) is 13.5. The summed E-state index contributed by atoms with van der Waals surface area (Å²) in [6.07, 6.45) is 0.274. The third-order valence-corrected chi connectivity index (χ3v) is 3.02. The molecule has 0 radical (unpaired) electrons. The first kappa shape index (κ1) is 14.8. The number of hydrogen-bond donors (Lipinski definition) is 1. The van der Waals surface area contributed by atoms with Gasteiger partial charge in [-0.05, 0) is 30.5 Å². The van der Waals surface area contributed by atoms with Crippen LogP contribution in [0.15, 0.2) is 18.2 Å². The molecule has 0 saturated carbocycles. The maximum Gasteiger partial charge on any atom is 0.220 e. The lowest BCUT2D eigenvalue weighted by atomic mass is 10.1. The molecule has 98 valence electrons. The van der Waals surface area contributed by atoms with Crippen molar-refractivity contribution >= 4 is 35.1 Å². The SMILES string of the molecule is O=C([O-])CCC(=O)NCCc1ccc(Cl)c(Cl)c1. The molecule has 0 heterocycles. The maximum absolute atomic E-state index is 11.2. The van der Waals surface area contributed by atoms with E-state index in [4.69, 9.17) is 23.2 Å². The third-order valence-electron chi connectivity index (χ3n) is 2.28. The number of hydrogen-bond acceptors (Lipinski definition) is 3. The highest BCUT2D eigenvalue weighted by Crippen LogP contribution is 2.22. The van der Waals surface area contributed by atoms with E-state index in [-0.39, 0.29) is 18.7 Å². The molecule has 1 aromatic carbocycles. The van der Waals surface area contributed by atoms with Gasteiger partial charge in [0.2, 0.25) is 5.91 Å². The minimum atomic E-state index is -1.23. The van der Waals surface area contributed by atoms with Gasteiger partial charge < -0.3 is 15.2 Å². The second kappa shape index (κ2) is 7.24. The van der Waals surface area contributed by atoms with Gasteiger partial charge in [0.25, 0.3) is 0 Å². The van der Waals surface area contributed by atoms with Crippen LogP contribution >= 0.6 is 23.2 Å².